The third kappa shape index (κ3) is 3.90. The second-order valence-corrected chi connectivity index (χ2v) is 7.12. The molecule has 3 atom stereocenters. The van der Waals surface area contributed by atoms with Crippen molar-refractivity contribution in [1.82, 2.24) is 10.2 Å². The predicted octanol–water partition coefficient (Wildman–Crippen LogP) is 2.78. The SMILES string of the molecule is COc1cccc(C(CNC2CCSC2C)N(C)C)c1. The van der Waals surface area contributed by atoms with Gasteiger partial charge in [0.2, 0.25) is 0 Å². The molecule has 1 aromatic carbocycles. The van der Waals surface area contributed by atoms with Gasteiger partial charge in [-0.15, -0.1) is 0 Å². The lowest BCUT2D eigenvalue weighted by molar-refractivity contribution is 0.278. The van der Waals surface area contributed by atoms with Gasteiger partial charge in [-0.25, -0.2) is 0 Å². The lowest BCUT2D eigenvalue weighted by Gasteiger charge is -2.28. The van der Waals surface area contributed by atoms with Crippen LogP contribution in [0.25, 0.3) is 0 Å². The maximum atomic E-state index is 5.34. The quantitative estimate of drug-likeness (QED) is 0.872. The summed E-state index contributed by atoms with van der Waals surface area (Å²) in [5, 5.41) is 4.47. The van der Waals surface area contributed by atoms with E-state index in [1.54, 1.807) is 7.11 Å². The van der Waals surface area contributed by atoms with Gasteiger partial charge >= 0.3 is 0 Å². The maximum absolute atomic E-state index is 5.34. The number of likely N-dealkylation sites (N-methyl/N-ethyl adjacent to an activating group) is 1. The Morgan fingerprint density at radius 1 is 1.45 bits per heavy atom. The molecule has 1 N–H and O–H groups in total. The van der Waals surface area contributed by atoms with Gasteiger partial charge in [0.25, 0.3) is 0 Å². The monoisotopic (exact) mass is 294 g/mol. The first-order valence-electron chi connectivity index (χ1n) is 7.27. The molecule has 0 aromatic heterocycles. The van der Waals surface area contributed by atoms with Crippen LogP contribution in [0.2, 0.25) is 0 Å². The van der Waals surface area contributed by atoms with Gasteiger partial charge in [0.05, 0.1) is 7.11 Å². The molecule has 4 heteroatoms. The molecule has 1 aliphatic heterocycles. The van der Waals surface area contributed by atoms with Crippen molar-refractivity contribution in [2.24, 2.45) is 0 Å². The minimum absolute atomic E-state index is 0.378. The van der Waals surface area contributed by atoms with Crippen molar-refractivity contribution in [3.8, 4) is 5.75 Å². The average molecular weight is 294 g/mol. The minimum Gasteiger partial charge on any atom is -0.497 e. The number of methoxy groups -OCH3 is 1. The summed E-state index contributed by atoms with van der Waals surface area (Å²) in [6.07, 6.45) is 1.28. The van der Waals surface area contributed by atoms with Crippen molar-refractivity contribution < 1.29 is 4.74 Å². The van der Waals surface area contributed by atoms with Crippen LogP contribution in [0.1, 0.15) is 24.9 Å². The number of ether oxygens (including phenoxy) is 1. The molecule has 0 aliphatic carbocycles. The fraction of sp³-hybridized carbons (Fsp3) is 0.625. The van der Waals surface area contributed by atoms with Gasteiger partial charge in [-0.1, -0.05) is 19.1 Å². The van der Waals surface area contributed by atoms with E-state index in [4.69, 9.17) is 4.74 Å². The van der Waals surface area contributed by atoms with Crippen LogP contribution in [0.4, 0.5) is 0 Å². The second kappa shape index (κ2) is 7.34. The number of nitrogens with one attached hydrogen (secondary N) is 1. The normalized spacial score (nSPS) is 24.1. The third-order valence-corrected chi connectivity index (χ3v) is 5.38. The van der Waals surface area contributed by atoms with Crippen LogP contribution in [-0.2, 0) is 0 Å². The lowest BCUT2D eigenvalue weighted by Crippen LogP contribution is -2.39. The molecule has 1 heterocycles. The zero-order valence-corrected chi connectivity index (χ0v) is 13.7. The van der Waals surface area contributed by atoms with Crippen LogP contribution >= 0.6 is 11.8 Å². The van der Waals surface area contributed by atoms with E-state index in [2.05, 4.69) is 61.2 Å². The number of benzene rings is 1. The van der Waals surface area contributed by atoms with Gasteiger partial charge in [-0.3, -0.25) is 0 Å². The molecule has 1 fully saturated rings. The Labute approximate surface area is 127 Å². The Morgan fingerprint density at radius 3 is 2.85 bits per heavy atom. The highest BCUT2D eigenvalue weighted by molar-refractivity contribution is 8.00. The lowest BCUT2D eigenvalue weighted by atomic mass is 10.0. The van der Waals surface area contributed by atoms with Crippen molar-refractivity contribution in [2.75, 3.05) is 33.5 Å². The van der Waals surface area contributed by atoms with Crippen LogP contribution in [0.3, 0.4) is 0 Å². The minimum atomic E-state index is 0.378. The summed E-state index contributed by atoms with van der Waals surface area (Å²) in [4.78, 5) is 2.27. The van der Waals surface area contributed by atoms with Crippen LogP contribution in [-0.4, -0.2) is 49.7 Å². The smallest absolute Gasteiger partial charge is 0.119 e. The van der Waals surface area contributed by atoms with E-state index in [0.717, 1.165) is 17.5 Å². The molecule has 1 aromatic rings. The summed E-state index contributed by atoms with van der Waals surface area (Å²) in [7, 11) is 6.00. The predicted molar refractivity (Wildman–Crippen MR) is 87.7 cm³/mol. The second-order valence-electron chi connectivity index (χ2n) is 5.64. The van der Waals surface area contributed by atoms with E-state index in [1.165, 1.54) is 17.7 Å². The van der Waals surface area contributed by atoms with E-state index < -0.39 is 0 Å². The van der Waals surface area contributed by atoms with Crippen LogP contribution in [0.5, 0.6) is 5.75 Å². The molecule has 0 bridgehead atoms. The van der Waals surface area contributed by atoms with E-state index >= 15 is 0 Å². The molecule has 1 saturated heterocycles. The topological polar surface area (TPSA) is 24.5 Å². The Balaban J connectivity index is 2.02. The van der Waals surface area contributed by atoms with Crippen LogP contribution < -0.4 is 10.1 Å². The van der Waals surface area contributed by atoms with Crippen molar-refractivity contribution in [1.29, 1.82) is 0 Å². The van der Waals surface area contributed by atoms with E-state index in [9.17, 15) is 0 Å². The number of thioether (sulfide) groups is 1. The fourth-order valence-electron chi connectivity index (χ4n) is 2.71. The maximum Gasteiger partial charge on any atom is 0.119 e. The molecule has 3 nitrogen and oxygen atoms in total. The highest BCUT2D eigenvalue weighted by atomic mass is 32.2. The van der Waals surface area contributed by atoms with Crippen molar-refractivity contribution in [2.45, 2.75) is 30.7 Å². The standard InChI is InChI=1S/C16H26N2OS/c1-12-15(8-9-20-12)17-11-16(18(2)3)13-6-5-7-14(10-13)19-4/h5-7,10,12,15-17H,8-9,11H2,1-4H3. The summed E-state index contributed by atoms with van der Waals surface area (Å²) >= 11 is 2.07. The Hall–Kier alpha value is -0.710. The molecule has 1 aliphatic rings. The number of hydrogen-bond acceptors (Lipinski definition) is 4. The molecule has 2 rings (SSSR count). The number of hydrogen-bond donors (Lipinski definition) is 1. The van der Waals surface area contributed by atoms with Gasteiger partial charge in [-0.2, -0.15) is 11.8 Å². The first-order chi connectivity index (χ1) is 9.61. The van der Waals surface area contributed by atoms with Gasteiger partial charge in [0.1, 0.15) is 5.75 Å². The molecule has 0 spiro atoms. The van der Waals surface area contributed by atoms with Crippen LogP contribution in [0, 0.1) is 0 Å². The molecular weight excluding hydrogens is 268 g/mol. The van der Waals surface area contributed by atoms with E-state index in [1.807, 2.05) is 6.07 Å². The molecule has 112 valence electrons. The number of nitrogens with zero attached hydrogens (tertiary/aromatic N) is 1. The third-order valence-electron chi connectivity index (χ3n) is 4.05. The van der Waals surface area contributed by atoms with E-state index in [0.29, 0.717) is 12.1 Å². The summed E-state index contributed by atoms with van der Waals surface area (Å²) in [6, 6.07) is 9.41. The van der Waals surface area contributed by atoms with Crippen molar-refractivity contribution in [3.63, 3.8) is 0 Å². The van der Waals surface area contributed by atoms with Gasteiger partial charge < -0.3 is 15.0 Å². The van der Waals surface area contributed by atoms with Gasteiger partial charge in [0, 0.05) is 23.9 Å². The fourth-order valence-corrected chi connectivity index (χ4v) is 3.94. The Morgan fingerprint density at radius 2 is 2.25 bits per heavy atom. The van der Waals surface area contributed by atoms with Crippen molar-refractivity contribution >= 4 is 11.8 Å². The highest BCUT2D eigenvalue weighted by Gasteiger charge is 2.25. The Kier molecular flexibility index (Phi) is 5.75. The highest BCUT2D eigenvalue weighted by Crippen LogP contribution is 2.27. The molecular formula is C16H26N2OS. The largest absolute Gasteiger partial charge is 0.497 e. The zero-order valence-electron chi connectivity index (χ0n) is 12.9. The summed E-state index contributed by atoms with van der Waals surface area (Å²) in [5.74, 6) is 2.21. The molecule has 20 heavy (non-hydrogen) atoms. The van der Waals surface area contributed by atoms with E-state index in [-0.39, 0.29) is 0 Å². The first-order valence-corrected chi connectivity index (χ1v) is 8.32. The average Bonchev–Trinajstić information content (AvgIpc) is 2.84. The first kappa shape index (κ1) is 15.7. The summed E-state index contributed by atoms with van der Waals surface area (Å²) in [6.45, 7) is 3.31. The Bertz CT molecular complexity index is 425. The molecule has 0 amide bonds. The zero-order chi connectivity index (χ0) is 14.5. The summed E-state index contributed by atoms with van der Waals surface area (Å²) in [5.41, 5.74) is 1.31. The van der Waals surface area contributed by atoms with Gasteiger partial charge in [-0.05, 0) is 44.0 Å². The van der Waals surface area contributed by atoms with Crippen LogP contribution in [0.15, 0.2) is 24.3 Å². The molecule has 3 unspecified atom stereocenters. The molecule has 0 radical (unpaired) electrons. The molecule has 0 saturated carbocycles. The van der Waals surface area contributed by atoms with Crippen molar-refractivity contribution in [3.05, 3.63) is 29.8 Å². The van der Waals surface area contributed by atoms with Gasteiger partial charge in [0.15, 0.2) is 0 Å². The summed E-state index contributed by atoms with van der Waals surface area (Å²) < 4.78 is 5.34. The number of rotatable bonds is 6.